The van der Waals surface area contributed by atoms with E-state index in [1.165, 1.54) is 25.1 Å². The second-order valence-corrected chi connectivity index (χ2v) is 6.03. The molecule has 2 rings (SSSR count). The number of hydrogen-bond acceptors (Lipinski definition) is 3. The molecule has 0 saturated carbocycles. The Kier molecular flexibility index (Phi) is 9.29. The highest BCUT2D eigenvalue weighted by Crippen LogP contribution is 2.35. The first-order chi connectivity index (χ1) is 8.24. The number of aryl methyl sites for hydroxylation is 1. The van der Waals surface area contributed by atoms with Gasteiger partial charge in [-0.1, -0.05) is 20.3 Å². The summed E-state index contributed by atoms with van der Waals surface area (Å²) in [5.74, 6) is 0.741. The molecular formula is C14H26Cl2N2S. The van der Waals surface area contributed by atoms with Gasteiger partial charge in [-0.15, -0.1) is 36.2 Å². The Morgan fingerprint density at radius 1 is 1.32 bits per heavy atom. The number of piperazine rings is 1. The lowest BCUT2D eigenvalue weighted by Crippen LogP contribution is -2.46. The van der Waals surface area contributed by atoms with Crippen molar-refractivity contribution in [2.45, 2.75) is 33.2 Å². The van der Waals surface area contributed by atoms with Crippen molar-refractivity contribution in [1.82, 2.24) is 10.2 Å². The minimum Gasteiger partial charge on any atom is -0.314 e. The van der Waals surface area contributed by atoms with Gasteiger partial charge < -0.3 is 5.32 Å². The van der Waals surface area contributed by atoms with Gasteiger partial charge in [0.25, 0.3) is 0 Å². The van der Waals surface area contributed by atoms with E-state index in [2.05, 4.69) is 42.4 Å². The summed E-state index contributed by atoms with van der Waals surface area (Å²) in [5, 5.41) is 5.69. The fourth-order valence-electron chi connectivity index (χ4n) is 2.66. The number of nitrogens with one attached hydrogen (secondary N) is 1. The maximum absolute atomic E-state index is 3.45. The molecule has 2 nitrogen and oxygen atoms in total. The molecule has 19 heavy (non-hydrogen) atoms. The summed E-state index contributed by atoms with van der Waals surface area (Å²) >= 11 is 1.93. The van der Waals surface area contributed by atoms with Crippen LogP contribution in [0.3, 0.4) is 0 Å². The van der Waals surface area contributed by atoms with Crippen molar-refractivity contribution in [3.8, 4) is 0 Å². The maximum Gasteiger partial charge on any atom is 0.0470 e. The molecule has 1 fully saturated rings. The number of nitrogens with zero attached hydrogens (tertiary/aromatic N) is 1. The largest absolute Gasteiger partial charge is 0.314 e. The lowest BCUT2D eigenvalue weighted by molar-refractivity contribution is 0.130. The van der Waals surface area contributed by atoms with Crippen molar-refractivity contribution in [2.24, 2.45) is 5.92 Å². The van der Waals surface area contributed by atoms with Gasteiger partial charge in [0.15, 0.2) is 0 Å². The third kappa shape index (κ3) is 4.61. The van der Waals surface area contributed by atoms with E-state index < -0.39 is 0 Å². The van der Waals surface area contributed by atoms with E-state index in [0.29, 0.717) is 6.04 Å². The van der Waals surface area contributed by atoms with Crippen molar-refractivity contribution >= 4 is 36.2 Å². The van der Waals surface area contributed by atoms with Gasteiger partial charge in [-0.3, -0.25) is 4.90 Å². The summed E-state index contributed by atoms with van der Waals surface area (Å²) in [5.41, 5.74) is 1.47. The van der Waals surface area contributed by atoms with Gasteiger partial charge in [-0.25, -0.2) is 0 Å². The second-order valence-electron chi connectivity index (χ2n) is 5.08. The lowest BCUT2D eigenvalue weighted by atomic mass is 9.94. The highest BCUT2D eigenvalue weighted by Gasteiger charge is 2.28. The normalized spacial score (nSPS) is 19.1. The van der Waals surface area contributed by atoms with Crippen LogP contribution in [0, 0.1) is 12.8 Å². The number of thiophene rings is 1. The summed E-state index contributed by atoms with van der Waals surface area (Å²) in [6.07, 6.45) is 1.26. The summed E-state index contributed by atoms with van der Waals surface area (Å²) in [6.45, 7) is 11.6. The molecule has 0 radical (unpaired) electrons. The van der Waals surface area contributed by atoms with Gasteiger partial charge in [0.1, 0.15) is 0 Å². The number of hydrogen-bond donors (Lipinski definition) is 1. The Labute approximate surface area is 133 Å². The van der Waals surface area contributed by atoms with Gasteiger partial charge in [0.2, 0.25) is 0 Å². The van der Waals surface area contributed by atoms with E-state index in [9.17, 15) is 0 Å². The number of rotatable bonds is 4. The van der Waals surface area contributed by atoms with Crippen LogP contribution >= 0.6 is 36.2 Å². The molecule has 2 atom stereocenters. The van der Waals surface area contributed by atoms with Crippen LogP contribution in [0.5, 0.6) is 0 Å². The molecule has 0 spiro atoms. The molecule has 0 amide bonds. The monoisotopic (exact) mass is 324 g/mol. The molecular weight excluding hydrogens is 299 g/mol. The van der Waals surface area contributed by atoms with Crippen LogP contribution in [0.4, 0.5) is 0 Å². The zero-order chi connectivity index (χ0) is 12.3. The van der Waals surface area contributed by atoms with Crippen LogP contribution in [0.25, 0.3) is 0 Å². The predicted molar refractivity (Wildman–Crippen MR) is 90.2 cm³/mol. The molecule has 1 aromatic rings. The van der Waals surface area contributed by atoms with Crippen LogP contribution in [0.1, 0.15) is 36.8 Å². The Hall–Kier alpha value is 0.200. The molecule has 1 saturated heterocycles. The van der Waals surface area contributed by atoms with Crippen molar-refractivity contribution in [3.05, 3.63) is 21.9 Å². The quantitative estimate of drug-likeness (QED) is 0.903. The van der Waals surface area contributed by atoms with Crippen LogP contribution in [0.2, 0.25) is 0 Å². The minimum absolute atomic E-state index is 0. The van der Waals surface area contributed by atoms with Gasteiger partial charge >= 0.3 is 0 Å². The third-order valence-electron chi connectivity index (χ3n) is 3.90. The van der Waals surface area contributed by atoms with Crippen molar-refractivity contribution in [1.29, 1.82) is 0 Å². The Balaban J connectivity index is 0.00000162. The average Bonchev–Trinajstić information content (AvgIpc) is 2.77. The minimum atomic E-state index is 0. The van der Waals surface area contributed by atoms with E-state index >= 15 is 0 Å². The second kappa shape index (κ2) is 9.19. The summed E-state index contributed by atoms with van der Waals surface area (Å²) in [7, 11) is 0. The number of halogens is 2. The molecule has 0 aromatic carbocycles. The van der Waals surface area contributed by atoms with Crippen LogP contribution in [0.15, 0.2) is 11.4 Å². The van der Waals surface area contributed by atoms with Gasteiger partial charge in [0.05, 0.1) is 0 Å². The molecule has 2 heterocycles. The average molecular weight is 325 g/mol. The van der Waals surface area contributed by atoms with Crippen LogP contribution in [-0.2, 0) is 0 Å². The molecule has 5 heteroatoms. The molecule has 1 aliphatic heterocycles. The third-order valence-corrected chi connectivity index (χ3v) is 4.99. The van der Waals surface area contributed by atoms with Crippen LogP contribution in [-0.4, -0.2) is 31.1 Å². The topological polar surface area (TPSA) is 15.3 Å². The Morgan fingerprint density at radius 2 is 1.95 bits per heavy atom. The van der Waals surface area contributed by atoms with E-state index in [-0.39, 0.29) is 24.8 Å². The molecule has 0 aliphatic carbocycles. The fourth-order valence-corrected chi connectivity index (χ4v) is 3.85. The fraction of sp³-hybridized carbons (Fsp3) is 0.714. The van der Waals surface area contributed by atoms with Crippen LogP contribution < -0.4 is 5.32 Å². The highest BCUT2D eigenvalue weighted by atomic mass is 35.5. The van der Waals surface area contributed by atoms with Gasteiger partial charge in [0, 0.05) is 37.1 Å². The Morgan fingerprint density at radius 3 is 2.42 bits per heavy atom. The van der Waals surface area contributed by atoms with E-state index in [4.69, 9.17) is 0 Å². The van der Waals surface area contributed by atoms with E-state index in [1.807, 2.05) is 11.3 Å². The molecule has 0 bridgehead atoms. The highest BCUT2D eigenvalue weighted by molar-refractivity contribution is 7.10. The lowest BCUT2D eigenvalue weighted by Gasteiger charge is -2.38. The standard InChI is InChI=1S/C14H24N2S.2ClH/c1-4-11(2)13(14-12(3)5-10-17-14)16-8-6-15-7-9-16;;/h5,10-11,13,15H,4,6-9H2,1-3H3;2*1H/t11?,13-;;/m0../s1. The first-order valence-electron chi connectivity index (χ1n) is 6.72. The van der Waals surface area contributed by atoms with Gasteiger partial charge in [-0.2, -0.15) is 0 Å². The predicted octanol–water partition coefficient (Wildman–Crippen LogP) is 3.89. The van der Waals surface area contributed by atoms with E-state index in [0.717, 1.165) is 19.0 Å². The molecule has 1 aliphatic rings. The zero-order valence-corrected chi connectivity index (χ0v) is 14.5. The zero-order valence-electron chi connectivity index (χ0n) is 12.0. The van der Waals surface area contributed by atoms with Crippen molar-refractivity contribution in [2.75, 3.05) is 26.2 Å². The summed E-state index contributed by atoms with van der Waals surface area (Å²) in [4.78, 5) is 4.25. The first-order valence-corrected chi connectivity index (χ1v) is 7.60. The van der Waals surface area contributed by atoms with Crippen molar-refractivity contribution in [3.63, 3.8) is 0 Å². The molecule has 1 N–H and O–H groups in total. The first kappa shape index (κ1) is 19.2. The van der Waals surface area contributed by atoms with E-state index in [1.54, 1.807) is 4.88 Å². The maximum atomic E-state index is 3.45. The SMILES string of the molecule is CCC(C)[C@@H](c1sccc1C)N1CCNCC1.Cl.Cl. The van der Waals surface area contributed by atoms with Crippen molar-refractivity contribution < 1.29 is 0 Å². The molecule has 112 valence electrons. The summed E-state index contributed by atoms with van der Waals surface area (Å²) < 4.78 is 0. The smallest absolute Gasteiger partial charge is 0.0470 e. The molecule has 1 aromatic heterocycles. The Bertz CT molecular complexity index is 351. The molecule has 1 unspecified atom stereocenters. The summed E-state index contributed by atoms with van der Waals surface area (Å²) in [6, 6.07) is 2.89. The van der Waals surface area contributed by atoms with Gasteiger partial charge in [-0.05, 0) is 29.9 Å².